The predicted molar refractivity (Wildman–Crippen MR) is 88.9 cm³/mol. The number of nitrogens with zero attached hydrogens (tertiary/aromatic N) is 2. The Morgan fingerprint density at radius 3 is 2.70 bits per heavy atom. The molecule has 0 bridgehead atoms. The monoisotopic (exact) mass is 315 g/mol. The first-order valence-corrected chi connectivity index (χ1v) is 9.34. The van der Waals surface area contributed by atoms with Gasteiger partial charge in [0.25, 0.3) is 0 Å². The summed E-state index contributed by atoms with van der Waals surface area (Å²) in [6.07, 6.45) is 3.75. The van der Waals surface area contributed by atoms with Gasteiger partial charge in [-0.2, -0.15) is 11.8 Å². The van der Waals surface area contributed by atoms with Crippen molar-refractivity contribution in [3.05, 3.63) is 11.1 Å². The summed E-state index contributed by atoms with van der Waals surface area (Å²) in [5.41, 5.74) is -0.502. The van der Waals surface area contributed by atoms with Gasteiger partial charge in [0.05, 0.1) is 5.60 Å². The summed E-state index contributed by atoms with van der Waals surface area (Å²) in [5.74, 6) is 2.15. The SMILES string of the molecule is CCN(CC)c1ncc(CNCC2(O)CCSCC2)s1. The van der Waals surface area contributed by atoms with E-state index in [0.29, 0.717) is 6.54 Å². The fraction of sp³-hybridized carbons (Fsp3) is 0.786. The van der Waals surface area contributed by atoms with Gasteiger partial charge in [0, 0.05) is 37.3 Å². The highest BCUT2D eigenvalue weighted by Gasteiger charge is 2.28. The molecule has 4 nitrogen and oxygen atoms in total. The Morgan fingerprint density at radius 2 is 2.05 bits per heavy atom. The van der Waals surface area contributed by atoms with E-state index in [1.54, 1.807) is 11.3 Å². The maximum atomic E-state index is 10.4. The van der Waals surface area contributed by atoms with Crippen LogP contribution in [-0.2, 0) is 6.54 Å². The maximum Gasteiger partial charge on any atom is 0.185 e. The van der Waals surface area contributed by atoms with Gasteiger partial charge in [-0.05, 0) is 38.2 Å². The summed E-state index contributed by atoms with van der Waals surface area (Å²) in [5, 5.41) is 14.9. The van der Waals surface area contributed by atoms with Crippen molar-refractivity contribution in [2.75, 3.05) is 36.0 Å². The largest absolute Gasteiger partial charge is 0.389 e. The Kier molecular flexibility index (Phi) is 6.14. The van der Waals surface area contributed by atoms with Crippen LogP contribution in [0.25, 0.3) is 0 Å². The number of aliphatic hydroxyl groups is 1. The molecule has 2 N–H and O–H groups in total. The lowest BCUT2D eigenvalue weighted by Gasteiger charge is -2.31. The van der Waals surface area contributed by atoms with E-state index < -0.39 is 5.60 Å². The molecule has 0 spiro atoms. The zero-order valence-corrected chi connectivity index (χ0v) is 14.0. The Morgan fingerprint density at radius 1 is 1.35 bits per heavy atom. The molecule has 1 aromatic rings. The molecule has 1 saturated heterocycles. The van der Waals surface area contributed by atoms with Crippen molar-refractivity contribution in [3.63, 3.8) is 0 Å². The van der Waals surface area contributed by atoms with Crippen molar-refractivity contribution in [1.82, 2.24) is 10.3 Å². The number of anilines is 1. The molecular formula is C14H25N3OS2. The number of nitrogens with one attached hydrogen (secondary N) is 1. The highest BCUT2D eigenvalue weighted by molar-refractivity contribution is 7.99. The lowest BCUT2D eigenvalue weighted by Crippen LogP contribution is -2.43. The quantitative estimate of drug-likeness (QED) is 0.809. The molecule has 1 aromatic heterocycles. The highest BCUT2D eigenvalue weighted by atomic mass is 32.2. The number of hydrogen-bond donors (Lipinski definition) is 2. The van der Waals surface area contributed by atoms with Crippen LogP contribution in [-0.4, -0.2) is 46.8 Å². The van der Waals surface area contributed by atoms with Crippen LogP contribution in [0.2, 0.25) is 0 Å². The Labute approximate surface area is 130 Å². The van der Waals surface area contributed by atoms with Crippen LogP contribution in [0.1, 0.15) is 31.6 Å². The molecule has 1 aliphatic rings. The summed E-state index contributed by atoms with van der Waals surface area (Å²) < 4.78 is 0. The molecule has 0 radical (unpaired) electrons. The molecule has 0 unspecified atom stereocenters. The molecule has 1 fully saturated rings. The molecular weight excluding hydrogens is 290 g/mol. The van der Waals surface area contributed by atoms with Gasteiger partial charge in [-0.1, -0.05) is 0 Å². The zero-order chi connectivity index (χ0) is 14.4. The second-order valence-electron chi connectivity index (χ2n) is 5.22. The fourth-order valence-electron chi connectivity index (χ4n) is 2.37. The fourth-order valence-corrected chi connectivity index (χ4v) is 4.63. The van der Waals surface area contributed by atoms with Crippen molar-refractivity contribution in [3.8, 4) is 0 Å². The van der Waals surface area contributed by atoms with Gasteiger partial charge in [0.1, 0.15) is 0 Å². The van der Waals surface area contributed by atoms with Crippen molar-refractivity contribution >= 4 is 28.2 Å². The van der Waals surface area contributed by atoms with Crippen LogP contribution >= 0.6 is 23.1 Å². The number of rotatable bonds is 7. The average Bonchev–Trinajstić information content (AvgIpc) is 2.89. The van der Waals surface area contributed by atoms with E-state index in [1.165, 1.54) is 4.88 Å². The predicted octanol–water partition coefficient (Wildman–Crippen LogP) is 2.34. The zero-order valence-electron chi connectivity index (χ0n) is 12.4. The Balaban J connectivity index is 1.79. The smallest absolute Gasteiger partial charge is 0.185 e. The lowest BCUT2D eigenvalue weighted by atomic mass is 9.97. The molecule has 114 valence electrons. The van der Waals surface area contributed by atoms with Crippen LogP contribution in [0, 0.1) is 0 Å². The third-order valence-corrected chi connectivity index (χ3v) is 5.80. The lowest BCUT2D eigenvalue weighted by molar-refractivity contribution is 0.0321. The van der Waals surface area contributed by atoms with E-state index in [1.807, 2.05) is 18.0 Å². The van der Waals surface area contributed by atoms with Crippen molar-refractivity contribution < 1.29 is 5.11 Å². The normalized spacial score (nSPS) is 18.1. The number of aromatic nitrogens is 1. The van der Waals surface area contributed by atoms with Gasteiger partial charge in [-0.15, -0.1) is 11.3 Å². The van der Waals surface area contributed by atoms with Gasteiger partial charge in [0.2, 0.25) is 0 Å². The molecule has 0 aromatic carbocycles. The second kappa shape index (κ2) is 7.64. The van der Waals surface area contributed by atoms with Gasteiger partial charge in [-0.25, -0.2) is 4.98 Å². The van der Waals surface area contributed by atoms with E-state index in [0.717, 1.165) is 49.1 Å². The van der Waals surface area contributed by atoms with Gasteiger partial charge < -0.3 is 15.3 Å². The van der Waals surface area contributed by atoms with E-state index in [2.05, 4.69) is 29.0 Å². The summed E-state index contributed by atoms with van der Waals surface area (Å²) in [7, 11) is 0. The van der Waals surface area contributed by atoms with E-state index in [-0.39, 0.29) is 0 Å². The summed E-state index contributed by atoms with van der Waals surface area (Å²) in [6.45, 7) is 7.78. The van der Waals surface area contributed by atoms with E-state index in [9.17, 15) is 5.11 Å². The number of thioether (sulfide) groups is 1. The molecule has 2 heterocycles. The minimum Gasteiger partial charge on any atom is -0.389 e. The third kappa shape index (κ3) is 4.35. The standard InChI is InChI=1S/C14H25N3OS2/c1-3-17(4-2)13-16-10-12(20-13)9-15-11-14(18)5-7-19-8-6-14/h10,15,18H,3-9,11H2,1-2H3. The molecule has 0 amide bonds. The minimum atomic E-state index is -0.502. The van der Waals surface area contributed by atoms with Crippen LogP contribution in [0.15, 0.2) is 6.20 Å². The molecule has 0 saturated carbocycles. The first-order valence-electron chi connectivity index (χ1n) is 7.37. The van der Waals surface area contributed by atoms with Crippen molar-refractivity contribution in [1.29, 1.82) is 0 Å². The van der Waals surface area contributed by atoms with Gasteiger partial charge >= 0.3 is 0 Å². The Hall–Kier alpha value is -0.300. The second-order valence-corrected chi connectivity index (χ2v) is 7.54. The molecule has 0 atom stereocenters. The third-order valence-electron chi connectivity index (χ3n) is 3.75. The molecule has 20 heavy (non-hydrogen) atoms. The summed E-state index contributed by atoms with van der Waals surface area (Å²) in [6, 6.07) is 0. The van der Waals surface area contributed by atoms with Crippen LogP contribution in [0.3, 0.4) is 0 Å². The first kappa shape index (κ1) is 16.1. The highest BCUT2D eigenvalue weighted by Crippen LogP contribution is 2.26. The van der Waals surface area contributed by atoms with Gasteiger partial charge in [-0.3, -0.25) is 0 Å². The number of hydrogen-bond acceptors (Lipinski definition) is 6. The van der Waals surface area contributed by atoms with Crippen molar-refractivity contribution in [2.45, 2.75) is 38.8 Å². The summed E-state index contributed by atoms with van der Waals surface area (Å²) in [4.78, 5) is 7.98. The van der Waals surface area contributed by atoms with Crippen LogP contribution in [0.4, 0.5) is 5.13 Å². The van der Waals surface area contributed by atoms with Crippen molar-refractivity contribution in [2.24, 2.45) is 0 Å². The Bertz CT molecular complexity index is 401. The summed E-state index contributed by atoms with van der Waals surface area (Å²) >= 11 is 3.68. The molecule has 6 heteroatoms. The minimum absolute atomic E-state index is 0.502. The molecule has 2 rings (SSSR count). The van der Waals surface area contributed by atoms with Crippen LogP contribution < -0.4 is 10.2 Å². The van der Waals surface area contributed by atoms with E-state index >= 15 is 0 Å². The first-order chi connectivity index (χ1) is 9.67. The number of thiazole rings is 1. The molecule has 0 aliphatic carbocycles. The van der Waals surface area contributed by atoms with Gasteiger partial charge in [0.15, 0.2) is 5.13 Å². The molecule has 1 aliphatic heterocycles. The topological polar surface area (TPSA) is 48.4 Å². The average molecular weight is 316 g/mol. The van der Waals surface area contributed by atoms with Crippen LogP contribution in [0.5, 0.6) is 0 Å². The maximum absolute atomic E-state index is 10.4. The van der Waals surface area contributed by atoms with E-state index in [4.69, 9.17) is 0 Å².